The van der Waals surface area contributed by atoms with Crippen LogP contribution in [0.5, 0.6) is 0 Å². The van der Waals surface area contributed by atoms with E-state index in [1.807, 2.05) is 43.4 Å². The van der Waals surface area contributed by atoms with Crippen molar-refractivity contribution in [1.82, 2.24) is 24.6 Å². The first kappa shape index (κ1) is 18.9. The molecule has 0 radical (unpaired) electrons. The lowest BCUT2D eigenvalue weighted by Crippen LogP contribution is -2.62. The topological polar surface area (TPSA) is 63.5 Å². The second kappa shape index (κ2) is 6.88. The molecule has 4 rings (SSSR count). The average Bonchev–Trinajstić information content (AvgIpc) is 3.16. The van der Waals surface area contributed by atoms with Gasteiger partial charge in [0.2, 0.25) is 0 Å². The number of carbonyl (C=O) groups is 1. The maximum atomic E-state index is 12.5. The van der Waals surface area contributed by atoms with Crippen molar-refractivity contribution >= 4 is 6.09 Å². The summed E-state index contributed by atoms with van der Waals surface area (Å²) < 4.78 is 7.57. The van der Waals surface area contributed by atoms with Crippen LogP contribution in [-0.2, 0) is 18.3 Å². The second-order valence-electron chi connectivity index (χ2n) is 9.21. The minimum absolute atomic E-state index is 0.00643. The Balaban J connectivity index is 1.51. The van der Waals surface area contributed by atoms with Crippen LogP contribution >= 0.6 is 0 Å². The van der Waals surface area contributed by atoms with Crippen LogP contribution in [-0.4, -0.2) is 62.4 Å². The largest absolute Gasteiger partial charge is 0.444 e. The SMILES string of the molecule is Cn1cnnc1C1CN(Cc2ccccc2)CC12CN(C(=O)OC(C)(C)C)C2. The summed E-state index contributed by atoms with van der Waals surface area (Å²) in [4.78, 5) is 16.8. The summed E-state index contributed by atoms with van der Waals surface area (Å²) >= 11 is 0. The molecule has 2 aromatic rings. The predicted molar refractivity (Wildman–Crippen MR) is 106 cm³/mol. The van der Waals surface area contributed by atoms with Gasteiger partial charge in [0.25, 0.3) is 0 Å². The van der Waals surface area contributed by atoms with E-state index in [4.69, 9.17) is 4.74 Å². The van der Waals surface area contributed by atoms with Gasteiger partial charge in [0.15, 0.2) is 0 Å². The number of benzene rings is 1. The van der Waals surface area contributed by atoms with Crippen LogP contribution in [0.25, 0.3) is 0 Å². The van der Waals surface area contributed by atoms with Gasteiger partial charge >= 0.3 is 6.09 Å². The molecular weight excluding hydrogens is 354 g/mol. The normalized spacial score (nSPS) is 21.7. The number of carbonyl (C=O) groups excluding carboxylic acids is 1. The number of aromatic nitrogens is 3. The van der Waals surface area contributed by atoms with E-state index in [0.29, 0.717) is 13.1 Å². The Kier molecular flexibility index (Phi) is 4.65. The fourth-order valence-electron chi connectivity index (χ4n) is 4.49. The van der Waals surface area contributed by atoms with Gasteiger partial charge < -0.3 is 14.2 Å². The molecule has 0 aliphatic carbocycles. The minimum atomic E-state index is -0.474. The highest BCUT2D eigenvalue weighted by molar-refractivity contribution is 5.69. The van der Waals surface area contributed by atoms with E-state index in [0.717, 1.165) is 25.5 Å². The van der Waals surface area contributed by atoms with Gasteiger partial charge in [-0.1, -0.05) is 30.3 Å². The number of likely N-dealkylation sites (tertiary alicyclic amines) is 2. The lowest BCUT2D eigenvalue weighted by atomic mass is 9.71. The van der Waals surface area contributed by atoms with Crippen molar-refractivity contribution in [3.8, 4) is 0 Å². The molecule has 2 saturated heterocycles. The predicted octanol–water partition coefficient (Wildman–Crippen LogP) is 2.65. The van der Waals surface area contributed by atoms with E-state index in [2.05, 4.69) is 39.4 Å². The minimum Gasteiger partial charge on any atom is -0.444 e. The van der Waals surface area contributed by atoms with Crippen LogP contribution in [0.1, 0.15) is 38.1 Å². The van der Waals surface area contributed by atoms with Crippen molar-refractivity contribution in [2.45, 2.75) is 38.8 Å². The fourth-order valence-corrected chi connectivity index (χ4v) is 4.49. The third-order valence-electron chi connectivity index (χ3n) is 5.69. The molecule has 2 aliphatic rings. The zero-order valence-corrected chi connectivity index (χ0v) is 17.1. The van der Waals surface area contributed by atoms with Crippen LogP contribution in [0.15, 0.2) is 36.7 Å². The van der Waals surface area contributed by atoms with E-state index in [9.17, 15) is 4.79 Å². The van der Waals surface area contributed by atoms with Gasteiger partial charge in [-0.2, -0.15) is 0 Å². The van der Waals surface area contributed by atoms with Gasteiger partial charge in [0.1, 0.15) is 17.8 Å². The molecule has 0 saturated carbocycles. The summed E-state index contributed by atoms with van der Waals surface area (Å²) in [6.07, 6.45) is 1.53. The molecule has 3 heterocycles. The Morgan fingerprint density at radius 1 is 1.21 bits per heavy atom. The average molecular weight is 383 g/mol. The molecule has 7 heteroatoms. The highest BCUT2D eigenvalue weighted by atomic mass is 16.6. The molecule has 2 aliphatic heterocycles. The highest BCUT2D eigenvalue weighted by Gasteiger charge is 2.57. The number of nitrogens with zero attached hydrogens (tertiary/aromatic N) is 5. The Hall–Kier alpha value is -2.41. The van der Waals surface area contributed by atoms with Gasteiger partial charge in [-0.15, -0.1) is 10.2 Å². The quantitative estimate of drug-likeness (QED) is 0.815. The smallest absolute Gasteiger partial charge is 0.410 e. The maximum Gasteiger partial charge on any atom is 0.410 e. The Morgan fingerprint density at radius 3 is 2.54 bits per heavy atom. The fraction of sp³-hybridized carbons (Fsp3) is 0.571. The second-order valence-corrected chi connectivity index (χ2v) is 9.21. The summed E-state index contributed by atoms with van der Waals surface area (Å²) in [5.41, 5.74) is 0.837. The summed E-state index contributed by atoms with van der Waals surface area (Å²) in [6.45, 7) is 9.88. The third kappa shape index (κ3) is 3.63. The molecule has 1 unspecified atom stereocenters. The standard InChI is InChI=1S/C21H29N5O2/c1-20(2,3)28-19(27)26-13-21(14-26)12-25(10-16-8-6-5-7-9-16)11-17(21)18-23-22-15-24(18)4/h5-9,15,17H,10-14H2,1-4H3. The van der Waals surface area contributed by atoms with Gasteiger partial charge in [-0.3, -0.25) is 4.90 Å². The van der Waals surface area contributed by atoms with Gasteiger partial charge in [0, 0.05) is 51.1 Å². The highest BCUT2D eigenvalue weighted by Crippen LogP contribution is 2.49. The number of ether oxygens (including phenoxy) is 1. The Bertz CT molecular complexity index is 836. The zero-order valence-electron chi connectivity index (χ0n) is 17.1. The molecule has 2 fully saturated rings. The molecular formula is C21H29N5O2. The van der Waals surface area contributed by atoms with E-state index < -0.39 is 5.60 Å². The van der Waals surface area contributed by atoms with Crippen molar-refractivity contribution in [3.63, 3.8) is 0 Å². The lowest BCUT2D eigenvalue weighted by molar-refractivity contribution is -0.0369. The first-order valence-electron chi connectivity index (χ1n) is 9.84. The Morgan fingerprint density at radius 2 is 1.93 bits per heavy atom. The Labute approximate surface area is 166 Å². The van der Waals surface area contributed by atoms with Gasteiger partial charge in [-0.25, -0.2) is 4.79 Å². The molecule has 7 nitrogen and oxygen atoms in total. The van der Waals surface area contributed by atoms with Crippen LogP contribution in [0.3, 0.4) is 0 Å². The molecule has 1 aromatic carbocycles. The van der Waals surface area contributed by atoms with Crippen molar-refractivity contribution in [1.29, 1.82) is 0 Å². The zero-order chi connectivity index (χ0) is 19.9. The van der Waals surface area contributed by atoms with Crippen LogP contribution < -0.4 is 0 Å². The molecule has 150 valence electrons. The monoisotopic (exact) mass is 383 g/mol. The molecule has 1 atom stereocenters. The van der Waals surface area contributed by atoms with Gasteiger partial charge in [0.05, 0.1) is 0 Å². The molecule has 0 N–H and O–H groups in total. The number of hydrogen-bond acceptors (Lipinski definition) is 5. The molecule has 0 bridgehead atoms. The van der Waals surface area contributed by atoms with Gasteiger partial charge in [-0.05, 0) is 26.3 Å². The summed E-state index contributed by atoms with van der Waals surface area (Å²) in [7, 11) is 1.99. The van der Waals surface area contributed by atoms with E-state index in [1.165, 1.54) is 5.56 Å². The molecule has 1 aromatic heterocycles. The van der Waals surface area contributed by atoms with E-state index >= 15 is 0 Å². The van der Waals surface area contributed by atoms with Crippen molar-refractivity contribution in [3.05, 3.63) is 48.0 Å². The van der Waals surface area contributed by atoms with E-state index in [-0.39, 0.29) is 17.4 Å². The maximum absolute atomic E-state index is 12.5. The number of amides is 1. The first-order chi connectivity index (χ1) is 13.3. The number of aryl methyl sites for hydroxylation is 1. The first-order valence-corrected chi connectivity index (χ1v) is 9.84. The van der Waals surface area contributed by atoms with Crippen LogP contribution in [0.4, 0.5) is 4.79 Å². The summed E-state index contributed by atoms with van der Waals surface area (Å²) in [6, 6.07) is 10.5. The summed E-state index contributed by atoms with van der Waals surface area (Å²) in [5.74, 6) is 1.25. The van der Waals surface area contributed by atoms with Crippen LogP contribution in [0, 0.1) is 5.41 Å². The third-order valence-corrected chi connectivity index (χ3v) is 5.69. The van der Waals surface area contributed by atoms with Crippen molar-refractivity contribution in [2.75, 3.05) is 26.2 Å². The van der Waals surface area contributed by atoms with Crippen molar-refractivity contribution in [2.24, 2.45) is 12.5 Å². The van der Waals surface area contributed by atoms with Crippen molar-refractivity contribution < 1.29 is 9.53 Å². The summed E-state index contributed by atoms with van der Waals surface area (Å²) in [5, 5.41) is 8.49. The number of rotatable bonds is 3. The van der Waals surface area contributed by atoms with E-state index in [1.54, 1.807) is 6.33 Å². The van der Waals surface area contributed by atoms with Crippen LogP contribution in [0.2, 0.25) is 0 Å². The molecule has 28 heavy (non-hydrogen) atoms. The molecule has 1 spiro atoms. The lowest BCUT2D eigenvalue weighted by Gasteiger charge is -2.50. The number of hydrogen-bond donors (Lipinski definition) is 0. The molecule has 1 amide bonds.